The van der Waals surface area contributed by atoms with Gasteiger partial charge < -0.3 is 10.1 Å². The van der Waals surface area contributed by atoms with E-state index in [1.807, 2.05) is 12.1 Å². The highest BCUT2D eigenvalue weighted by atomic mass is 19.1. The molecule has 104 valence electrons. The highest BCUT2D eigenvalue weighted by molar-refractivity contribution is 5.95. The first-order chi connectivity index (χ1) is 9.70. The van der Waals surface area contributed by atoms with Crippen molar-refractivity contribution < 1.29 is 13.9 Å². The molecule has 0 saturated carbocycles. The molecular weight excluding hydrogens is 257 g/mol. The van der Waals surface area contributed by atoms with Crippen LogP contribution >= 0.6 is 0 Å². The van der Waals surface area contributed by atoms with E-state index in [4.69, 9.17) is 4.74 Å². The van der Waals surface area contributed by atoms with Gasteiger partial charge in [-0.25, -0.2) is 9.18 Å². The van der Waals surface area contributed by atoms with Gasteiger partial charge in [0, 0.05) is 12.2 Å². The lowest BCUT2D eigenvalue weighted by molar-refractivity contribution is 0.0527. The Balaban J connectivity index is 2.09. The third-order valence-corrected chi connectivity index (χ3v) is 2.82. The lowest BCUT2D eigenvalue weighted by Gasteiger charge is -2.11. The molecule has 4 heteroatoms. The number of esters is 1. The van der Waals surface area contributed by atoms with Gasteiger partial charge in [-0.3, -0.25) is 0 Å². The molecule has 0 heterocycles. The molecule has 0 unspecified atom stereocenters. The van der Waals surface area contributed by atoms with E-state index < -0.39 is 0 Å². The van der Waals surface area contributed by atoms with Crippen molar-refractivity contribution >= 4 is 11.7 Å². The van der Waals surface area contributed by atoms with Gasteiger partial charge >= 0.3 is 5.97 Å². The number of hydrogen-bond acceptors (Lipinski definition) is 3. The van der Waals surface area contributed by atoms with Crippen LogP contribution in [0.2, 0.25) is 0 Å². The molecule has 0 bridgehead atoms. The monoisotopic (exact) mass is 273 g/mol. The number of para-hydroxylation sites is 1. The van der Waals surface area contributed by atoms with Gasteiger partial charge in [0.1, 0.15) is 5.82 Å². The number of nitrogens with one attached hydrogen (secondary N) is 1. The molecule has 2 aromatic carbocycles. The Hall–Kier alpha value is -2.36. The molecule has 0 fully saturated rings. The fraction of sp³-hybridized carbons (Fsp3) is 0.188. The zero-order valence-electron chi connectivity index (χ0n) is 11.2. The highest BCUT2D eigenvalue weighted by Gasteiger charge is 2.11. The van der Waals surface area contributed by atoms with Crippen LogP contribution in [0.25, 0.3) is 0 Å². The number of hydrogen-bond donors (Lipinski definition) is 1. The van der Waals surface area contributed by atoms with Crippen molar-refractivity contribution in [1.29, 1.82) is 0 Å². The highest BCUT2D eigenvalue weighted by Crippen LogP contribution is 2.17. The standard InChI is InChI=1S/C16H16FNO2/c1-2-20-16(19)14-5-3-4-6-15(14)18-11-12-7-9-13(17)10-8-12/h3-10,18H,2,11H2,1H3. The van der Waals surface area contributed by atoms with Gasteiger partial charge in [-0.1, -0.05) is 24.3 Å². The van der Waals surface area contributed by atoms with Crippen LogP contribution in [0.5, 0.6) is 0 Å². The van der Waals surface area contributed by atoms with Crippen molar-refractivity contribution in [3.8, 4) is 0 Å². The Morgan fingerprint density at radius 2 is 1.85 bits per heavy atom. The van der Waals surface area contributed by atoms with Crippen LogP contribution in [-0.2, 0) is 11.3 Å². The van der Waals surface area contributed by atoms with E-state index in [9.17, 15) is 9.18 Å². The quantitative estimate of drug-likeness (QED) is 0.846. The molecule has 0 aromatic heterocycles. The van der Waals surface area contributed by atoms with Gasteiger partial charge in [0.25, 0.3) is 0 Å². The van der Waals surface area contributed by atoms with E-state index in [1.165, 1.54) is 12.1 Å². The molecule has 0 radical (unpaired) electrons. The maximum absolute atomic E-state index is 12.8. The third kappa shape index (κ3) is 3.57. The van der Waals surface area contributed by atoms with Crippen molar-refractivity contribution in [2.24, 2.45) is 0 Å². The van der Waals surface area contributed by atoms with Crippen molar-refractivity contribution in [1.82, 2.24) is 0 Å². The van der Waals surface area contributed by atoms with Gasteiger partial charge in [0.2, 0.25) is 0 Å². The SMILES string of the molecule is CCOC(=O)c1ccccc1NCc1ccc(F)cc1. The molecule has 0 aliphatic carbocycles. The Bertz CT molecular complexity index is 581. The Kier molecular flexibility index (Phi) is 4.71. The molecule has 1 N–H and O–H groups in total. The van der Waals surface area contributed by atoms with Gasteiger partial charge in [-0.15, -0.1) is 0 Å². The molecule has 2 aromatic rings. The van der Waals surface area contributed by atoms with Gasteiger partial charge in [0.05, 0.1) is 12.2 Å². The van der Waals surface area contributed by atoms with Crippen LogP contribution in [0.3, 0.4) is 0 Å². The van der Waals surface area contributed by atoms with Gasteiger partial charge in [0.15, 0.2) is 0 Å². The average molecular weight is 273 g/mol. The topological polar surface area (TPSA) is 38.3 Å². The molecule has 0 spiro atoms. The maximum atomic E-state index is 12.8. The zero-order chi connectivity index (χ0) is 14.4. The Morgan fingerprint density at radius 1 is 1.15 bits per heavy atom. The number of ether oxygens (including phenoxy) is 1. The van der Waals surface area contributed by atoms with E-state index in [1.54, 1.807) is 31.2 Å². The first-order valence-corrected chi connectivity index (χ1v) is 6.45. The van der Waals surface area contributed by atoms with Crippen LogP contribution < -0.4 is 5.32 Å². The van der Waals surface area contributed by atoms with Crippen LogP contribution in [0.1, 0.15) is 22.8 Å². The van der Waals surface area contributed by atoms with Gasteiger partial charge in [-0.05, 0) is 36.8 Å². The van der Waals surface area contributed by atoms with E-state index in [0.717, 1.165) is 5.56 Å². The van der Waals surface area contributed by atoms with E-state index in [-0.39, 0.29) is 11.8 Å². The van der Waals surface area contributed by atoms with Crippen LogP contribution in [0, 0.1) is 5.82 Å². The third-order valence-electron chi connectivity index (χ3n) is 2.82. The molecule has 3 nitrogen and oxygen atoms in total. The zero-order valence-corrected chi connectivity index (χ0v) is 11.2. The minimum atomic E-state index is -0.352. The first-order valence-electron chi connectivity index (χ1n) is 6.45. The minimum Gasteiger partial charge on any atom is -0.462 e. The van der Waals surface area contributed by atoms with E-state index in [0.29, 0.717) is 24.4 Å². The summed E-state index contributed by atoms with van der Waals surface area (Å²) >= 11 is 0. The molecule has 2 rings (SSSR count). The number of carbonyl (C=O) groups excluding carboxylic acids is 1. The first kappa shape index (κ1) is 14.1. The molecule has 20 heavy (non-hydrogen) atoms. The van der Waals surface area contributed by atoms with Crippen LogP contribution in [-0.4, -0.2) is 12.6 Å². The largest absolute Gasteiger partial charge is 0.462 e. The second-order valence-electron chi connectivity index (χ2n) is 4.25. The molecule has 0 aliphatic rings. The number of carbonyl (C=O) groups is 1. The van der Waals surface area contributed by atoms with E-state index >= 15 is 0 Å². The summed E-state index contributed by atoms with van der Waals surface area (Å²) in [5.74, 6) is -0.615. The molecule has 0 amide bonds. The predicted octanol–water partition coefficient (Wildman–Crippen LogP) is 3.61. The van der Waals surface area contributed by atoms with Crippen molar-refractivity contribution in [3.63, 3.8) is 0 Å². The average Bonchev–Trinajstić information content (AvgIpc) is 2.47. The number of benzene rings is 2. The fourth-order valence-corrected chi connectivity index (χ4v) is 1.82. The Morgan fingerprint density at radius 3 is 2.55 bits per heavy atom. The summed E-state index contributed by atoms with van der Waals surface area (Å²) in [4.78, 5) is 11.8. The number of anilines is 1. The normalized spacial score (nSPS) is 10.1. The number of rotatable bonds is 5. The summed E-state index contributed by atoms with van der Waals surface area (Å²) in [6.45, 7) is 2.62. The second-order valence-corrected chi connectivity index (χ2v) is 4.25. The molecule has 0 aliphatic heterocycles. The van der Waals surface area contributed by atoms with Crippen molar-refractivity contribution in [2.75, 3.05) is 11.9 Å². The maximum Gasteiger partial charge on any atom is 0.340 e. The lowest BCUT2D eigenvalue weighted by Crippen LogP contribution is -2.09. The summed E-state index contributed by atoms with van der Waals surface area (Å²) in [6, 6.07) is 13.4. The van der Waals surface area contributed by atoms with E-state index in [2.05, 4.69) is 5.32 Å². The molecular formula is C16H16FNO2. The molecule has 0 atom stereocenters. The second kappa shape index (κ2) is 6.70. The summed E-state index contributed by atoms with van der Waals surface area (Å²) in [6.07, 6.45) is 0. The fourth-order valence-electron chi connectivity index (χ4n) is 1.82. The molecule has 0 saturated heterocycles. The summed E-state index contributed by atoms with van der Waals surface area (Å²) in [7, 11) is 0. The van der Waals surface area contributed by atoms with Crippen LogP contribution in [0.4, 0.5) is 10.1 Å². The van der Waals surface area contributed by atoms with Gasteiger partial charge in [-0.2, -0.15) is 0 Å². The Labute approximate surface area is 117 Å². The summed E-state index contributed by atoms with van der Waals surface area (Å²) in [5.41, 5.74) is 2.14. The lowest BCUT2D eigenvalue weighted by atomic mass is 10.1. The number of halogens is 1. The summed E-state index contributed by atoms with van der Waals surface area (Å²) in [5, 5.41) is 3.17. The summed E-state index contributed by atoms with van der Waals surface area (Å²) < 4.78 is 17.8. The van der Waals surface area contributed by atoms with Crippen molar-refractivity contribution in [3.05, 3.63) is 65.5 Å². The predicted molar refractivity (Wildman–Crippen MR) is 76.1 cm³/mol. The minimum absolute atomic E-state index is 0.263. The van der Waals surface area contributed by atoms with Crippen LogP contribution in [0.15, 0.2) is 48.5 Å². The van der Waals surface area contributed by atoms with Crippen molar-refractivity contribution in [2.45, 2.75) is 13.5 Å². The smallest absolute Gasteiger partial charge is 0.340 e.